The van der Waals surface area contributed by atoms with Crippen LogP contribution in [0.15, 0.2) is 71.6 Å². The van der Waals surface area contributed by atoms with Crippen LogP contribution in [0.25, 0.3) is 6.08 Å². The van der Waals surface area contributed by atoms with E-state index in [0.717, 1.165) is 5.56 Å². The highest BCUT2D eigenvalue weighted by Crippen LogP contribution is 2.37. The van der Waals surface area contributed by atoms with Crippen molar-refractivity contribution in [2.24, 2.45) is 0 Å². The first-order chi connectivity index (χ1) is 17.7. The van der Waals surface area contributed by atoms with Crippen molar-refractivity contribution in [1.82, 2.24) is 0 Å². The summed E-state index contributed by atoms with van der Waals surface area (Å²) in [7, 11) is 0. The third-order valence-corrected chi connectivity index (χ3v) is 6.49. The molecule has 1 fully saturated rings. The predicted molar refractivity (Wildman–Crippen MR) is 150 cm³/mol. The first kappa shape index (κ1) is 26.4. The number of carbonyl (C=O) groups is 2. The van der Waals surface area contributed by atoms with Crippen LogP contribution in [0.3, 0.4) is 0 Å². The molecule has 0 aliphatic carbocycles. The van der Waals surface area contributed by atoms with Gasteiger partial charge in [-0.2, -0.15) is 0 Å². The van der Waals surface area contributed by atoms with Gasteiger partial charge < -0.3 is 14.8 Å². The second kappa shape index (κ2) is 11.6. The number of hydrogen-bond acceptors (Lipinski definition) is 6. The summed E-state index contributed by atoms with van der Waals surface area (Å²) in [5.41, 5.74) is 2.05. The Bertz CT molecular complexity index is 1370. The standard InChI is InChI=1S/C28H25FN2O4S2/c1-4-34-24-14-18(8-13-23(24)35-17(2)3)15-25-27(33)31(28(36)37-25)22-7-5-6-19(16-22)26(32)30-21-11-9-20(29)10-12-21/h5-17H,4H2,1-3H3,(H,30,32)/b25-15+. The molecule has 0 aromatic heterocycles. The molecular formula is C28H25FN2O4S2. The zero-order valence-electron chi connectivity index (χ0n) is 20.5. The van der Waals surface area contributed by atoms with Crippen molar-refractivity contribution < 1.29 is 23.5 Å². The van der Waals surface area contributed by atoms with Gasteiger partial charge in [0.2, 0.25) is 0 Å². The molecule has 2 amide bonds. The number of nitrogens with zero attached hydrogens (tertiary/aromatic N) is 1. The van der Waals surface area contributed by atoms with Crippen LogP contribution in [0.1, 0.15) is 36.7 Å². The summed E-state index contributed by atoms with van der Waals surface area (Å²) < 4.78 is 25.1. The lowest BCUT2D eigenvalue weighted by Gasteiger charge is -2.16. The third kappa shape index (κ3) is 6.36. The maximum absolute atomic E-state index is 13.3. The van der Waals surface area contributed by atoms with Gasteiger partial charge in [0.25, 0.3) is 11.8 Å². The topological polar surface area (TPSA) is 67.9 Å². The molecule has 1 aliphatic heterocycles. The fourth-order valence-corrected chi connectivity index (χ4v) is 4.90. The van der Waals surface area contributed by atoms with Gasteiger partial charge >= 0.3 is 0 Å². The fourth-order valence-electron chi connectivity index (χ4n) is 3.60. The van der Waals surface area contributed by atoms with E-state index in [-0.39, 0.29) is 17.9 Å². The maximum atomic E-state index is 13.3. The van der Waals surface area contributed by atoms with Crippen LogP contribution in [0, 0.1) is 5.82 Å². The van der Waals surface area contributed by atoms with Crippen LogP contribution < -0.4 is 19.7 Å². The number of benzene rings is 3. The largest absolute Gasteiger partial charge is 0.490 e. The molecule has 0 spiro atoms. The van der Waals surface area contributed by atoms with Crippen molar-refractivity contribution >= 4 is 57.6 Å². The summed E-state index contributed by atoms with van der Waals surface area (Å²) in [5.74, 6) is 0.169. The Hall–Kier alpha value is -3.69. The zero-order chi connectivity index (χ0) is 26.5. The number of halogens is 1. The van der Waals surface area contributed by atoms with E-state index in [1.807, 2.05) is 39.0 Å². The normalized spacial score (nSPS) is 14.4. The number of thiocarbonyl (C=S) groups is 1. The summed E-state index contributed by atoms with van der Waals surface area (Å²) in [6, 6.07) is 17.6. The summed E-state index contributed by atoms with van der Waals surface area (Å²) in [4.78, 5) is 27.9. The van der Waals surface area contributed by atoms with E-state index in [1.165, 1.54) is 40.9 Å². The van der Waals surface area contributed by atoms with Gasteiger partial charge in [-0.15, -0.1) is 0 Å². The number of carbonyl (C=O) groups excluding carboxylic acids is 2. The molecule has 4 rings (SSSR count). The molecule has 1 saturated heterocycles. The Labute approximate surface area is 224 Å². The zero-order valence-corrected chi connectivity index (χ0v) is 22.1. The SMILES string of the molecule is CCOc1cc(/C=C2/SC(=S)N(c3cccc(C(=O)Nc4ccc(F)cc4)c3)C2=O)ccc1OC(C)C. The molecule has 1 heterocycles. The van der Waals surface area contributed by atoms with E-state index < -0.39 is 5.82 Å². The molecule has 6 nitrogen and oxygen atoms in total. The van der Waals surface area contributed by atoms with E-state index in [9.17, 15) is 14.0 Å². The van der Waals surface area contributed by atoms with E-state index in [0.29, 0.717) is 44.3 Å². The van der Waals surface area contributed by atoms with Crippen molar-refractivity contribution in [3.63, 3.8) is 0 Å². The number of rotatable bonds is 8. The van der Waals surface area contributed by atoms with Crippen molar-refractivity contribution in [3.8, 4) is 11.5 Å². The lowest BCUT2D eigenvalue weighted by atomic mass is 10.1. The number of ether oxygens (including phenoxy) is 2. The van der Waals surface area contributed by atoms with Gasteiger partial charge in [0.05, 0.1) is 23.3 Å². The fraction of sp³-hybridized carbons (Fsp3) is 0.179. The smallest absolute Gasteiger partial charge is 0.270 e. The van der Waals surface area contributed by atoms with Gasteiger partial charge in [0, 0.05) is 11.3 Å². The van der Waals surface area contributed by atoms with E-state index in [2.05, 4.69) is 5.32 Å². The Morgan fingerprint density at radius 1 is 1.11 bits per heavy atom. The second-order valence-corrected chi connectivity index (χ2v) is 10.0. The molecule has 9 heteroatoms. The van der Waals surface area contributed by atoms with Gasteiger partial charge in [-0.1, -0.05) is 36.1 Å². The molecule has 0 saturated carbocycles. The highest BCUT2D eigenvalue weighted by atomic mass is 32.2. The molecule has 0 bridgehead atoms. The summed E-state index contributed by atoms with van der Waals surface area (Å²) in [5, 5.41) is 2.72. The van der Waals surface area contributed by atoms with Crippen molar-refractivity contribution in [2.45, 2.75) is 26.9 Å². The van der Waals surface area contributed by atoms with Gasteiger partial charge in [0.1, 0.15) is 5.82 Å². The number of anilines is 2. The quantitative estimate of drug-likeness (QED) is 0.256. The summed E-state index contributed by atoms with van der Waals surface area (Å²) >= 11 is 6.69. The average molecular weight is 537 g/mol. The van der Waals surface area contributed by atoms with Crippen molar-refractivity contribution in [2.75, 3.05) is 16.8 Å². The number of thioether (sulfide) groups is 1. The first-order valence-electron chi connectivity index (χ1n) is 11.6. The Kier molecular flexibility index (Phi) is 8.25. The second-order valence-electron chi connectivity index (χ2n) is 8.33. The van der Waals surface area contributed by atoms with Gasteiger partial charge in [-0.25, -0.2) is 4.39 Å². The molecule has 37 heavy (non-hydrogen) atoms. The van der Waals surface area contributed by atoms with Crippen molar-refractivity contribution in [1.29, 1.82) is 0 Å². The highest BCUT2D eigenvalue weighted by molar-refractivity contribution is 8.27. The van der Waals surface area contributed by atoms with E-state index in [1.54, 1.807) is 30.3 Å². The highest BCUT2D eigenvalue weighted by Gasteiger charge is 2.33. The molecule has 3 aromatic rings. The molecule has 3 aromatic carbocycles. The van der Waals surface area contributed by atoms with Gasteiger partial charge in [-0.3, -0.25) is 14.5 Å². The minimum absolute atomic E-state index is 0.00477. The van der Waals surface area contributed by atoms with E-state index in [4.69, 9.17) is 21.7 Å². The third-order valence-electron chi connectivity index (χ3n) is 5.19. The van der Waals surface area contributed by atoms with E-state index >= 15 is 0 Å². The Morgan fingerprint density at radius 3 is 2.57 bits per heavy atom. The molecule has 190 valence electrons. The summed E-state index contributed by atoms with van der Waals surface area (Å²) in [6.45, 7) is 6.25. The van der Waals surface area contributed by atoms with Crippen LogP contribution >= 0.6 is 24.0 Å². The minimum Gasteiger partial charge on any atom is -0.490 e. The Morgan fingerprint density at radius 2 is 1.86 bits per heavy atom. The lowest BCUT2D eigenvalue weighted by molar-refractivity contribution is -0.113. The van der Waals surface area contributed by atoms with Gasteiger partial charge in [0.15, 0.2) is 15.8 Å². The molecule has 0 radical (unpaired) electrons. The Balaban J connectivity index is 1.55. The van der Waals surface area contributed by atoms with Crippen LogP contribution in [0.4, 0.5) is 15.8 Å². The number of nitrogens with one attached hydrogen (secondary N) is 1. The number of hydrogen-bond donors (Lipinski definition) is 1. The lowest BCUT2D eigenvalue weighted by Crippen LogP contribution is -2.27. The van der Waals surface area contributed by atoms with Crippen LogP contribution in [-0.2, 0) is 4.79 Å². The minimum atomic E-state index is -0.392. The molecule has 1 aliphatic rings. The summed E-state index contributed by atoms with van der Waals surface area (Å²) in [6.07, 6.45) is 1.75. The molecule has 1 N–H and O–H groups in total. The van der Waals surface area contributed by atoms with Crippen LogP contribution in [0.5, 0.6) is 11.5 Å². The molecular weight excluding hydrogens is 511 g/mol. The van der Waals surface area contributed by atoms with Crippen LogP contribution in [0.2, 0.25) is 0 Å². The maximum Gasteiger partial charge on any atom is 0.270 e. The monoisotopic (exact) mass is 536 g/mol. The first-order valence-corrected chi connectivity index (χ1v) is 12.9. The van der Waals surface area contributed by atoms with Crippen LogP contribution in [-0.4, -0.2) is 28.8 Å². The van der Waals surface area contributed by atoms with Crippen molar-refractivity contribution in [3.05, 3.63) is 88.6 Å². The predicted octanol–water partition coefficient (Wildman–Crippen LogP) is 6.67. The van der Waals surface area contributed by atoms with Gasteiger partial charge in [-0.05, 0) is 87.0 Å². The average Bonchev–Trinajstić information content (AvgIpc) is 3.14. The molecule has 0 unspecified atom stereocenters. The molecule has 0 atom stereocenters. The number of amides is 2.